The van der Waals surface area contributed by atoms with Crippen LogP contribution in [0, 0.1) is 11.3 Å². The lowest BCUT2D eigenvalue weighted by Gasteiger charge is -2.03. The number of thiazole rings is 1. The van der Waals surface area contributed by atoms with Crippen molar-refractivity contribution in [2.75, 3.05) is 7.11 Å². The number of rotatable bonds is 5. The first kappa shape index (κ1) is 17.0. The molecule has 1 atom stereocenters. The number of Topliss-reactive ketones (excluding diaryl/α,β-unsaturated/α-hetero) is 1. The Labute approximate surface area is 159 Å². The zero-order valence-corrected chi connectivity index (χ0v) is 15.3. The second-order valence-corrected chi connectivity index (χ2v) is 6.89. The predicted octanol–water partition coefficient (Wildman–Crippen LogP) is 4.79. The minimum absolute atomic E-state index is 0.290. The molecule has 0 saturated carbocycles. The van der Waals surface area contributed by atoms with E-state index < -0.39 is 5.92 Å². The van der Waals surface area contributed by atoms with E-state index in [4.69, 9.17) is 4.74 Å². The minimum atomic E-state index is -0.942. The van der Waals surface area contributed by atoms with Crippen LogP contribution < -0.4 is 4.74 Å². The molecule has 2 heterocycles. The highest BCUT2D eigenvalue weighted by Gasteiger charge is 2.26. The summed E-state index contributed by atoms with van der Waals surface area (Å²) in [5, 5.41) is 12.9. The number of benzene rings is 2. The van der Waals surface area contributed by atoms with E-state index in [1.54, 1.807) is 13.2 Å². The standard InChI is InChI=1S/C21H15N3O2S/c1-26-15-8-7-14-9-18(23-17(14)10-15)20(25)16(11-22)21-24-19(12-27-21)13-5-3-2-4-6-13/h2-10,12,16,23H,1H3. The Balaban J connectivity index is 1.66. The van der Waals surface area contributed by atoms with Gasteiger partial charge in [-0.25, -0.2) is 4.98 Å². The van der Waals surface area contributed by atoms with Gasteiger partial charge in [0.2, 0.25) is 5.78 Å². The Kier molecular flexibility index (Phi) is 4.45. The molecule has 27 heavy (non-hydrogen) atoms. The van der Waals surface area contributed by atoms with Crippen LogP contribution in [0.3, 0.4) is 0 Å². The third kappa shape index (κ3) is 3.21. The van der Waals surface area contributed by atoms with Gasteiger partial charge in [0.1, 0.15) is 10.8 Å². The van der Waals surface area contributed by atoms with Crippen molar-refractivity contribution < 1.29 is 9.53 Å². The average Bonchev–Trinajstić information content (AvgIpc) is 3.36. The van der Waals surface area contributed by atoms with Crippen molar-refractivity contribution in [3.63, 3.8) is 0 Å². The molecule has 0 aliphatic rings. The molecular formula is C21H15N3O2S. The van der Waals surface area contributed by atoms with Crippen LogP contribution >= 0.6 is 11.3 Å². The molecule has 6 heteroatoms. The number of carbonyl (C=O) groups is 1. The van der Waals surface area contributed by atoms with Gasteiger partial charge >= 0.3 is 0 Å². The van der Waals surface area contributed by atoms with E-state index in [2.05, 4.69) is 16.0 Å². The molecule has 0 fully saturated rings. The van der Waals surface area contributed by atoms with E-state index in [1.807, 2.05) is 53.9 Å². The largest absolute Gasteiger partial charge is 0.497 e. The number of hydrogen-bond donors (Lipinski definition) is 1. The first-order valence-electron chi connectivity index (χ1n) is 8.31. The molecule has 132 valence electrons. The number of fused-ring (bicyclic) bond motifs is 1. The summed E-state index contributed by atoms with van der Waals surface area (Å²) in [5.74, 6) is -0.531. The fraction of sp³-hybridized carbons (Fsp3) is 0.0952. The number of aromatic amines is 1. The van der Waals surface area contributed by atoms with E-state index in [-0.39, 0.29) is 5.78 Å². The van der Waals surface area contributed by atoms with Crippen molar-refractivity contribution in [2.45, 2.75) is 5.92 Å². The Hall–Kier alpha value is -3.43. The summed E-state index contributed by atoms with van der Waals surface area (Å²) >= 11 is 1.32. The van der Waals surface area contributed by atoms with Crippen LogP contribution in [0.25, 0.3) is 22.2 Å². The molecule has 1 unspecified atom stereocenters. The highest BCUT2D eigenvalue weighted by molar-refractivity contribution is 7.10. The van der Waals surface area contributed by atoms with Crippen molar-refractivity contribution >= 4 is 28.0 Å². The van der Waals surface area contributed by atoms with Crippen LogP contribution in [0.4, 0.5) is 0 Å². The number of ketones is 1. The molecular weight excluding hydrogens is 358 g/mol. The number of aromatic nitrogens is 2. The molecule has 4 aromatic rings. The number of ether oxygens (including phenoxy) is 1. The van der Waals surface area contributed by atoms with Gasteiger partial charge in [-0.1, -0.05) is 30.3 Å². The monoisotopic (exact) mass is 373 g/mol. The van der Waals surface area contributed by atoms with Gasteiger partial charge in [-0.2, -0.15) is 5.26 Å². The first-order chi connectivity index (χ1) is 13.2. The molecule has 0 aliphatic heterocycles. The summed E-state index contributed by atoms with van der Waals surface area (Å²) in [6.45, 7) is 0. The zero-order valence-electron chi connectivity index (χ0n) is 14.5. The van der Waals surface area contributed by atoms with Crippen molar-refractivity contribution in [2.24, 2.45) is 0 Å². The first-order valence-corrected chi connectivity index (χ1v) is 9.19. The lowest BCUT2D eigenvalue weighted by Crippen LogP contribution is -2.11. The van der Waals surface area contributed by atoms with E-state index in [0.717, 1.165) is 22.2 Å². The quantitative estimate of drug-likeness (QED) is 0.510. The van der Waals surface area contributed by atoms with Gasteiger partial charge in [0, 0.05) is 27.9 Å². The SMILES string of the molecule is COc1ccc2cc(C(=O)C(C#N)c3nc(-c4ccccc4)cs3)[nH]c2c1. The number of carbonyl (C=O) groups excluding carboxylic acids is 1. The third-order valence-electron chi connectivity index (χ3n) is 4.32. The normalized spacial score (nSPS) is 11.9. The van der Waals surface area contributed by atoms with Crippen molar-refractivity contribution in [3.8, 4) is 23.1 Å². The van der Waals surface area contributed by atoms with Crippen LogP contribution in [0.2, 0.25) is 0 Å². The summed E-state index contributed by atoms with van der Waals surface area (Å²) in [4.78, 5) is 20.5. The number of nitrogens with one attached hydrogen (secondary N) is 1. The third-order valence-corrected chi connectivity index (χ3v) is 5.23. The van der Waals surface area contributed by atoms with Crippen LogP contribution in [0.1, 0.15) is 21.4 Å². The summed E-state index contributed by atoms with van der Waals surface area (Å²) in [6.07, 6.45) is 0. The second kappa shape index (κ2) is 7.06. The summed E-state index contributed by atoms with van der Waals surface area (Å²) in [5.41, 5.74) is 2.91. The Morgan fingerprint density at radius 3 is 2.78 bits per heavy atom. The number of nitriles is 1. The smallest absolute Gasteiger partial charge is 0.203 e. The highest BCUT2D eigenvalue weighted by atomic mass is 32.1. The molecule has 0 spiro atoms. The lowest BCUT2D eigenvalue weighted by atomic mass is 10.0. The van der Waals surface area contributed by atoms with Gasteiger partial charge in [0.15, 0.2) is 5.92 Å². The summed E-state index contributed by atoms with van der Waals surface area (Å²) in [7, 11) is 1.59. The molecule has 0 radical (unpaired) electrons. The molecule has 5 nitrogen and oxygen atoms in total. The Morgan fingerprint density at radius 2 is 2.04 bits per heavy atom. The number of nitrogens with zero attached hydrogens (tertiary/aromatic N) is 2. The maximum Gasteiger partial charge on any atom is 0.203 e. The van der Waals surface area contributed by atoms with Gasteiger partial charge in [0.05, 0.1) is 24.6 Å². The van der Waals surface area contributed by atoms with Crippen LogP contribution in [-0.4, -0.2) is 22.9 Å². The Morgan fingerprint density at radius 1 is 1.22 bits per heavy atom. The topological polar surface area (TPSA) is 78.8 Å². The molecule has 0 aliphatic carbocycles. The molecule has 0 amide bonds. The Bertz CT molecular complexity index is 1160. The molecule has 0 bridgehead atoms. The minimum Gasteiger partial charge on any atom is -0.497 e. The molecule has 4 rings (SSSR count). The lowest BCUT2D eigenvalue weighted by molar-refractivity contribution is 0.0975. The van der Waals surface area contributed by atoms with Crippen molar-refractivity contribution in [1.29, 1.82) is 5.26 Å². The number of methoxy groups -OCH3 is 1. The maximum atomic E-state index is 12.9. The molecule has 2 aromatic carbocycles. The van der Waals surface area contributed by atoms with Gasteiger partial charge in [-0.3, -0.25) is 4.79 Å². The van der Waals surface area contributed by atoms with Gasteiger partial charge in [-0.15, -0.1) is 11.3 Å². The van der Waals surface area contributed by atoms with Gasteiger partial charge in [0.25, 0.3) is 0 Å². The highest BCUT2D eigenvalue weighted by Crippen LogP contribution is 2.29. The number of hydrogen-bond acceptors (Lipinski definition) is 5. The van der Waals surface area contributed by atoms with E-state index in [1.165, 1.54) is 11.3 Å². The van der Waals surface area contributed by atoms with Crippen molar-refractivity contribution in [3.05, 3.63) is 70.7 Å². The summed E-state index contributed by atoms with van der Waals surface area (Å²) in [6, 6.07) is 19.1. The van der Waals surface area contributed by atoms with Gasteiger partial charge < -0.3 is 9.72 Å². The fourth-order valence-corrected chi connectivity index (χ4v) is 3.78. The van der Waals surface area contributed by atoms with Crippen LogP contribution in [0.5, 0.6) is 5.75 Å². The van der Waals surface area contributed by atoms with E-state index in [0.29, 0.717) is 16.5 Å². The maximum absolute atomic E-state index is 12.9. The predicted molar refractivity (Wildman–Crippen MR) is 105 cm³/mol. The van der Waals surface area contributed by atoms with Gasteiger partial charge in [-0.05, 0) is 18.2 Å². The average molecular weight is 373 g/mol. The number of H-pyrrole nitrogens is 1. The van der Waals surface area contributed by atoms with Crippen molar-refractivity contribution in [1.82, 2.24) is 9.97 Å². The summed E-state index contributed by atoms with van der Waals surface area (Å²) < 4.78 is 5.21. The molecule has 0 saturated heterocycles. The van der Waals surface area contributed by atoms with E-state index in [9.17, 15) is 10.1 Å². The fourth-order valence-electron chi connectivity index (χ4n) is 2.91. The zero-order chi connectivity index (χ0) is 18.8. The van der Waals surface area contributed by atoms with Crippen LogP contribution in [-0.2, 0) is 0 Å². The van der Waals surface area contributed by atoms with E-state index >= 15 is 0 Å². The molecule has 1 N–H and O–H groups in total. The molecule has 2 aromatic heterocycles. The van der Waals surface area contributed by atoms with Crippen LogP contribution in [0.15, 0.2) is 60.0 Å². The second-order valence-electron chi connectivity index (χ2n) is 6.00.